The fourth-order valence-electron chi connectivity index (χ4n) is 1.76. The van der Waals surface area contributed by atoms with Crippen LogP contribution in [0.15, 0.2) is 24.3 Å². The second-order valence-electron chi connectivity index (χ2n) is 3.64. The largest absolute Gasteiger partial charge is 0.497 e. The van der Waals surface area contributed by atoms with E-state index in [2.05, 4.69) is 0 Å². The summed E-state index contributed by atoms with van der Waals surface area (Å²) in [4.78, 5) is 11.1. The summed E-state index contributed by atoms with van der Waals surface area (Å²) in [6.45, 7) is 0. The molecule has 1 aliphatic rings. The van der Waals surface area contributed by atoms with Gasteiger partial charge in [-0.05, 0) is 30.5 Å². The highest BCUT2D eigenvalue weighted by molar-refractivity contribution is 5.70. The van der Waals surface area contributed by atoms with Gasteiger partial charge in [-0.2, -0.15) is 0 Å². The van der Waals surface area contributed by atoms with Crippen LogP contribution in [-0.4, -0.2) is 13.1 Å². The molecule has 1 heterocycles. The Morgan fingerprint density at radius 3 is 2.67 bits per heavy atom. The molecule has 1 aromatic carbocycles. The number of benzene rings is 1. The first kappa shape index (κ1) is 10.0. The zero-order valence-electron chi connectivity index (χ0n) is 8.73. The van der Waals surface area contributed by atoms with Gasteiger partial charge in [-0.1, -0.05) is 12.1 Å². The van der Waals surface area contributed by atoms with Gasteiger partial charge in [0.2, 0.25) is 0 Å². The molecule has 0 radical (unpaired) electrons. The summed E-state index contributed by atoms with van der Waals surface area (Å²) in [6, 6.07) is 7.67. The Hall–Kier alpha value is -1.51. The topological polar surface area (TPSA) is 35.5 Å². The third kappa shape index (κ3) is 2.29. The van der Waals surface area contributed by atoms with Gasteiger partial charge in [0.1, 0.15) is 11.9 Å². The Labute approximate surface area is 89.0 Å². The molecular formula is C12H14O3. The molecule has 1 fully saturated rings. The third-order valence-corrected chi connectivity index (χ3v) is 2.61. The van der Waals surface area contributed by atoms with Crippen molar-refractivity contribution in [1.82, 2.24) is 0 Å². The Morgan fingerprint density at radius 1 is 1.33 bits per heavy atom. The summed E-state index contributed by atoms with van der Waals surface area (Å²) >= 11 is 0. The van der Waals surface area contributed by atoms with Gasteiger partial charge in [-0.15, -0.1) is 0 Å². The fraction of sp³-hybridized carbons (Fsp3) is 0.417. The molecule has 1 aromatic rings. The number of cyclic esters (lactones) is 1. The summed E-state index contributed by atoms with van der Waals surface area (Å²) in [7, 11) is 1.63. The molecule has 0 aliphatic carbocycles. The van der Waals surface area contributed by atoms with Crippen molar-refractivity contribution in [2.24, 2.45) is 0 Å². The smallest absolute Gasteiger partial charge is 0.306 e. The number of carbonyl (C=O) groups excluding carboxylic acids is 1. The molecular weight excluding hydrogens is 192 g/mol. The minimum atomic E-state index is -0.0953. The van der Waals surface area contributed by atoms with Gasteiger partial charge >= 0.3 is 5.97 Å². The Kier molecular flexibility index (Phi) is 2.90. The molecule has 0 unspecified atom stereocenters. The molecule has 1 aliphatic heterocycles. The van der Waals surface area contributed by atoms with Crippen molar-refractivity contribution in [3.05, 3.63) is 29.8 Å². The summed E-state index contributed by atoms with van der Waals surface area (Å²) in [5.74, 6) is 0.725. The fourth-order valence-corrected chi connectivity index (χ4v) is 1.76. The average Bonchev–Trinajstić information content (AvgIpc) is 2.29. The zero-order valence-corrected chi connectivity index (χ0v) is 8.73. The number of ether oxygens (including phenoxy) is 2. The number of rotatable bonds is 2. The van der Waals surface area contributed by atoms with Gasteiger partial charge in [0.05, 0.1) is 7.11 Å². The first-order valence-electron chi connectivity index (χ1n) is 5.13. The van der Waals surface area contributed by atoms with E-state index in [0.717, 1.165) is 24.2 Å². The molecule has 0 spiro atoms. The van der Waals surface area contributed by atoms with Gasteiger partial charge in [0.25, 0.3) is 0 Å². The van der Waals surface area contributed by atoms with Crippen molar-refractivity contribution >= 4 is 5.97 Å². The van der Waals surface area contributed by atoms with E-state index >= 15 is 0 Å². The van der Waals surface area contributed by atoms with Crippen LogP contribution in [0, 0.1) is 0 Å². The first-order valence-corrected chi connectivity index (χ1v) is 5.13. The molecule has 15 heavy (non-hydrogen) atoms. The lowest BCUT2D eigenvalue weighted by atomic mass is 10.0. The lowest BCUT2D eigenvalue weighted by molar-refractivity contribution is -0.154. The van der Waals surface area contributed by atoms with E-state index in [4.69, 9.17) is 9.47 Å². The molecule has 1 saturated heterocycles. The van der Waals surface area contributed by atoms with Crippen molar-refractivity contribution in [3.63, 3.8) is 0 Å². The quantitative estimate of drug-likeness (QED) is 0.697. The van der Waals surface area contributed by atoms with Crippen molar-refractivity contribution in [2.75, 3.05) is 7.11 Å². The number of hydrogen-bond acceptors (Lipinski definition) is 3. The van der Waals surface area contributed by atoms with E-state index < -0.39 is 0 Å². The van der Waals surface area contributed by atoms with Gasteiger partial charge in [0, 0.05) is 6.42 Å². The normalized spacial score (nSPS) is 20.9. The standard InChI is InChI=1S/C12H14O3/c1-14-10-7-5-9(6-8-10)11-3-2-4-12(13)15-11/h5-8,11H,2-4H2,1H3/t11-/m1/s1. The highest BCUT2D eigenvalue weighted by Crippen LogP contribution is 2.29. The SMILES string of the molecule is COc1ccc([C@H]2CCCC(=O)O2)cc1. The highest BCUT2D eigenvalue weighted by atomic mass is 16.5. The van der Waals surface area contributed by atoms with Crippen LogP contribution in [-0.2, 0) is 9.53 Å². The van der Waals surface area contributed by atoms with E-state index in [1.165, 1.54) is 0 Å². The molecule has 0 saturated carbocycles. The maximum Gasteiger partial charge on any atom is 0.306 e. The number of esters is 1. The predicted octanol–water partition coefficient (Wildman–Crippen LogP) is 2.46. The lowest BCUT2D eigenvalue weighted by Gasteiger charge is -2.22. The molecule has 3 heteroatoms. The second kappa shape index (κ2) is 4.34. The highest BCUT2D eigenvalue weighted by Gasteiger charge is 2.21. The van der Waals surface area contributed by atoms with Crippen LogP contribution >= 0.6 is 0 Å². The van der Waals surface area contributed by atoms with Crippen LogP contribution in [0.25, 0.3) is 0 Å². The van der Waals surface area contributed by atoms with E-state index in [9.17, 15) is 4.79 Å². The molecule has 0 N–H and O–H groups in total. The summed E-state index contributed by atoms with van der Waals surface area (Å²) < 4.78 is 10.3. The van der Waals surface area contributed by atoms with E-state index in [1.807, 2.05) is 24.3 Å². The number of hydrogen-bond donors (Lipinski definition) is 0. The van der Waals surface area contributed by atoms with Crippen molar-refractivity contribution < 1.29 is 14.3 Å². The number of methoxy groups -OCH3 is 1. The molecule has 80 valence electrons. The van der Waals surface area contributed by atoms with Crippen LogP contribution in [0.4, 0.5) is 0 Å². The summed E-state index contributed by atoms with van der Waals surface area (Å²) in [5.41, 5.74) is 1.05. The zero-order chi connectivity index (χ0) is 10.7. The van der Waals surface area contributed by atoms with Crippen LogP contribution in [0.3, 0.4) is 0 Å². The van der Waals surface area contributed by atoms with Crippen molar-refractivity contribution in [3.8, 4) is 5.75 Å². The van der Waals surface area contributed by atoms with Gasteiger partial charge in [0.15, 0.2) is 0 Å². The predicted molar refractivity (Wildman–Crippen MR) is 55.7 cm³/mol. The summed E-state index contributed by atoms with van der Waals surface area (Å²) in [6.07, 6.45) is 2.30. The third-order valence-electron chi connectivity index (χ3n) is 2.61. The average molecular weight is 206 g/mol. The van der Waals surface area contributed by atoms with Crippen molar-refractivity contribution in [1.29, 1.82) is 0 Å². The Morgan fingerprint density at radius 2 is 2.07 bits per heavy atom. The molecule has 0 aromatic heterocycles. The molecule has 1 atom stereocenters. The van der Waals surface area contributed by atoms with Crippen LogP contribution in [0.5, 0.6) is 5.75 Å². The minimum absolute atomic E-state index is 0.0721. The van der Waals surface area contributed by atoms with Crippen molar-refractivity contribution in [2.45, 2.75) is 25.4 Å². The van der Waals surface area contributed by atoms with Crippen LogP contribution < -0.4 is 4.74 Å². The number of carbonyl (C=O) groups is 1. The maximum atomic E-state index is 11.1. The van der Waals surface area contributed by atoms with Crippen LogP contribution in [0.2, 0.25) is 0 Å². The van der Waals surface area contributed by atoms with Gasteiger partial charge < -0.3 is 9.47 Å². The van der Waals surface area contributed by atoms with E-state index in [-0.39, 0.29) is 12.1 Å². The first-order chi connectivity index (χ1) is 7.29. The Bertz CT molecular complexity index is 342. The monoisotopic (exact) mass is 206 g/mol. The second-order valence-corrected chi connectivity index (χ2v) is 3.64. The lowest BCUT2D eigenvalue weighted by Crippen LogP contribution is -2.16. The minimum Gasteiger partial charge on any atom is -0.497 e. The van der Waals surface area contributed by atoms with E-state index in [0.29, 0.717) is 6.42 Å². The molecule has 3 nitrogen and oxygen atoms in total. The van der Waals surface area contributed by atoms with Crippen LogP contribution in [0.1, 0.15) is 30.9 Å². The molecule has 0 bridgehead atoms. The molecule has 0 amide bonds. The van der Waals surface area contributed by atoms with E-state index in [1.54, 1.807) is 7.11 Å². The maximum absolute atomic E-state index is 11.1. The Balaban J connectivity index is 2.11. The van der Waals surface area contributed by atoms with Gasteiger partial charge in [-0.25, -0.2) is 0 Å². The molecule has 2 rings (SSSR count). The summed E-state index contributed by atoms with van der Waals surface area (Å²) in [5, 5.41) is 0. The van der Waals surface area contributed by atoms with Gasteiger partial charge in [-0.3, -0.25) is 4.79 Å².